The molecule has 134 valence electrons. The number of hydrogen-bond acceptors (Lipinski definition) is 5. The van der Waals surface area contributed by atoms with Gasteiger partial charge in [-0.2, -0.15) is 4.31 Å². The van der Waals surface area contributed by atoms with Crippen molar-refractivity contribution in [2.45, 2.75) is 25.8 Å². The van der Waals surface area contributed by atoms with Gasteiger partial charge in [-0.3, -0.25) is 4.79 Å². The molecule has 1 amide bonds. The summed E-state index contributed by atoms with van der Waals surface area (Å²) in [6, 6.07) is 4.88. The molecule has 1 saturated heterocycles. The Morgan fingerprint density at radius 3 is 2.76 bits per heavy atom. The maximum Gasteiger partial charge on any atom is 0.242 e. The van der Waals surface area contributed by atoms with Gasteiger partial charge in [0.25, 0.3) is 0 Å². The summed E-state index contributed by atoms with van der Waals surface area (Å²) >= 11 is 0. The van der Waals surface area contributed by atoms with Crippen LogP contribution in [0.4, 0.5) is 5.69 Å². The smallest absolute Gasteiger partial charge is 0.242 e. The molecule has 0 aliphatic carbocycles. The molecule has 1 aliphatic heterocycles. The minimum absolute atomic E-state index is 0.304. The van der Waals surface area contributed by atoms with Crippen LogP contribution in [0.2, 0.25) is 0 Å². The fourth-order valence-electron chi connectivity index (χ4n) is 3.16. The first-order valence-corrected chi connectivity index (χ1v) is 9.85. The summed E-state index contributed by atoms with van der Waals surface area (Å²) in [4.78, 5) is 12.6. The first-order valence-electron chi connectivity index (χ1n) is 8.00. The molecule has 1 atom stereocenters. The average molecular weight is 363 g/mol. The van der Waals surface area contributed by atoms with Crippen molar-refractivity contribution < 1.29 is 13.2 Å². The quantitative estimate of drug-likeness (QED) is 0.879. The van der Waals surface area contributed by atoms with Gasteiger partial charge in [-0.25, -0.2) is 8.42 Å². The number of aryl methyl sites for hydroxylation is 1. The Hall–Kier alpha value is -2.26. The molecule has 9 heteroatoms. The number of amides is 1. The number of rotatable bonds is 4. The lowest BCUT2D eigenvalue weighted by molar-refractivity contribution is -0.119. The van der Waals surface area contributed by atoms with E-state index in [1.54, 1.807) is 17.0 Å². The minimum atomic E-state index is -3.40. The van der Waals surface area contributed by atoms with E-state index in [0.29, 0.717) is 30.9 Å². The fourth-order valence-corrected chi connectivity index (χ4v) is 4.28. The van der Waals surface area contributed by atoms with Crippen LogP contribution in [0.25, 0.3) is 11.4 Å². The zero-order valence-electron chi connectivity index (χ0n) is 14.4. The monoisotopic (exact) mass is 363 g/mol. The summed E-state index contributed by atoms with van der Waals surface area (Å²) in [5, 5.41) is 10.9. The SMILES string of the molecule is Cc1c(NC(=O)[C@@H]2CCCN2S(C)(=O)=O)cccc1-c1nncn1C. The van der Waals surface area contributed by atoms with Crippen molar-refractivity contribution in [1.29, 1.82) is 0 Å². The van der Waals surface area contributed by atoms with Gasteiger partial charge in [0, 0.05) is 24.8 Å². The lowest BCUT2D eigenvalue weighted by Gasteiger charge is -2.22. The molecule has 1 fully saturated rings. The second-order valence-electron chi connectivity index (χ2n) is 6.26. The van der Waals surface area contributed by atoms with Crippen LogP contribution in [0.5, 0.6) is 0 Å². The molecule has 0 radical (unpaired) electrons. The van der Waals surface area contributed by atoms with Crippen molar-refractivity contribution in [1.82, 2.24) is 19.1 Å². The van der Waals surface area contributed by atoms with Crippen LogP contribution in [0.15, 0.2) is 24.5 Å². The Morgan fingerprint density at radius 1 is 1.36 bits per heavy atom. The largest absolute Gasteiger partial charge is 0.324 e. The molecule has 2 heterocycles. The lowest BCUT2D eigenvalue weighted by Crippen LogP contribution is -2.42. The zero-order valence-corrected chi connectivity index (χ0v) is 15.2. The molecule has 0 bridgehead atoms. The van der Waals surface area contributed by atoms with Crippen LogP contribution in [0, 0.1) is 6.92 Å². The number of carbonyl (C=O) groups excluding carboxylic acids is 1. The van der Waals surface area contributed by atoms with Gasteiger partial charge in [0.2, 0.25) is 15.9 Å². The third kappa shape index (κ3) is 3.42. The highest BCUT2D eigenvalue weighted by atomic mass is 32.2. The molecule has 0 saturated carbocycles. The summed E-state index contributed by atoms with van der Waals surface area (Å²) in [6.07, 6.45) is 3.96. The van der Waals surface area contributed by atoms with Crippen molar-refractivity contribution >= 4 is 21.6 Å². The predicted octanol–water partition coefficient (Wildman–Crippen LogP) is 1.15. The fraction of sp³-hybridized carbons (Fsp3) is 0.438. The van der Waals surface area contributed by atoms with Gasteiger partial charge < -0.3 is 9.88 Å². The summed E-state index contributed by atoms with van der Waals surface area (Å²) in [7, 11) is -1.55. The maximum atomic E-state index is 12.6. The van der Waals surface area contributed by atoms with Crippen LogP contribution in [-0.4, -0.2) is 52.2 Å². The topological polar surface area (TPSA) is 97.2 Å². The highest BCUT2D eigenvalue weighted by molar-refractivity contribution is 7.88. The number of benzene rings is 1. The number of nitrogens with zero attached hydrogens (tertiary/aromatic N) is 4. The maximum absolute atomic E-state index is 12.6. The first-order chi connectivity index (χ1) is 11.8. The van der Waals surface area contributed by atoms with E-state index in [9.17, 15) is 13.2 Å². The number of anilines is 1. The van der Waals surface area contributed by atoms with Gasteiger partial charge in [-0.1, -0.05) is 12.1 Å². The molecule has 1 aromatic carbocycles. The van der Waals surface area contributed by atoms with E-state index in [1.165, 1.54) is 4.31 Å². The third-order valence-corrected chi connectivity index (χ3v) is 5.77. The Balaban J connectivity index is 1.86. The van der Waals surface area contributed by atoms with E-state index in [2.05, 4.69) is 15.5 Å². The van der Waals surface area contributed by atoms with E-state index in [-0.39, 0.29) is 5.91 Å². The Morgan fingerprint density at radius 2 is 2.12 bits per heavy atom. The summed E-state index contributed by atoms with van der Waals surface area (Å²) in [5.74, 6) is 0.397. The Bertz CT molecular complexity index is 906. The number of nitrogens with one attached hydrogen (secondary N) is 1. The Kier molecular flexibility index (Phi) is 4.61. The zero-order chi connectivity index (χ0) is 18.2. The van der Waals surface area contributed by atoms with E-state index in [1.807, 2.05) is 26.1 Å². The predicted molar refractivity (Wildman–Crippen MR) is 94.4 cm³/mol. The van der Waals surface area contributed by atoms with Crippen LogP contribution in [-0.2, 0) is 21.9 Å². The normalized spacial score (nSPS) is 18.4. The summed E-state index contributed by atoms with van der Waals surface area (Å²) < 4.78 is 26.8. The first kappa shape index (κ1) is 17.6. The van der Waals surface area contributed by atoms with Gasteiger partial charge in [-0.05, 0) is 31.4 Å². The number of sulfonamides is 1. The van der Waals surface area contributed by atoms with Gasteiger partial charge >= 0.3 is 0 Å². The highest BCUT2D eigenvalue weighted by Gasteiger charge is 2.36. The summed E-state index contributed by atoms with van der Waals surface area (Å²) in [5.41, 5.74) is 2.37. The van der Waals surface area contributed by atoms with Crippen molar-refractivity contribution in [3.8, 4) is 11.4 Å². The molecule has 8 nitrogen and oxygen atoms in total. The average Bonchev–Trinajstić information content (AvgIpc) is 3.18. The van der Waals surface area contributed by atoms with Crippen LogP contribution in [0.3, 0.4) is 0 Å². The van der Waals surface area contributed by atoms with Crippen molar-refractivity contribution in [2.75, 3.05) is 18.1 Å². The molecule has 1 N–H and O–H groups in total. The van der Waals surface area contributed by atoms with Gasteiger partial charge in [0.05, 0.1) is 6.26 Å². The van der Waals surface area contributed by atoms with E-state index < -0.39 is 16.1 Å². The Labute approximate surface area is 146 Å². The molecule has 0 spiro atoms. The van der Waals surface area contributed by atoms with Crippen molar-refractivity contribution in [3.63, 3.8) is 0 Å². The molecule has 25 heavy (non-hydrogen) atoms. The van der Waals surface area contributed by atoms with Gasteiger partial charge in [0.1, 0.15) is 12.4 Å². The molecular formula is C16H21N5O3S. The van der Waals surface area contributed by atoms with Gasteiger partial charge in [-0.15, -0.1) is 10.2 Å². The third-order valence-electron chi connectivity index (χ3n) is 4.48. The standard InChI is InChI=1S/C16H21N5O3S/c1-11-12(15-19-17-10-20(15)2)6-4-7-13(11)18-16(22)14-8-5-9-21(14)25(3,23)24/h4,6-7,10,14H,5,8-9H2,1-3H3,(H,18,22)/t14-/m0/s1. The second kappa shape index (κ2) is 6.57. The molecule has 2 aromatic rings. The van der Waals surface area contributed by atoms with E-state index in [0.717, 1.165) is 17.4 Å². The molecule has 3 rings (SSSR count). The van der Waals surface area contributed by atoms with E-state index in [4.69, 9.17) is 0 Å². The lowest BCUT2D eigenvalue weighted by atomic mass is 10.1. The molecule has 1 aromatic heterocycles. The number of aromatic nitrogens is 3. The second-order valence-corrected chi connectivity index (χ2v) is 8.20. The van der Waals surface area contributed by atoms with Crippen LogP contribution >= 0.6 is 0 Å². The number of hydrogen-bond donors (Lipinski definition) is 1. The highest BCUT2D eigenvalue weighted by Crippen LogP contribution is 2.28. The van der Waals surface area contributed by atoms with Crippen molar-refractivity contribution in [3.05, 3.63) is 30.1 Å². The minimum Gasteiger partial charge on any atom is -0.324 e. The van der Waals surface area contributed by atoms with Crippen molar-refractivity contribution in [2.24, 2.45) is 7.05 Å². The molecule has 0 unspecified atom stereocenters. The molecular weight excluding hydrogens is 342 g/mol. The summed E-state index contributed by atoms with van der Waals surface area (Å²) in [6.45, 7) is 2.28. The van der Waals surface area contributed by atoms with E-state index >= 15 is 0 Å². The molecule has 1 aliphatic rings. The van der Waals surface area contributed by atoms with Crippen LogP contribution in [0.1, 0.15) is 18.4 Å². The number of carbonyl (C=O) groups is 1. The van der Waals surface area contributed by atoms with Gasteiger partial charge in [0.15, 0.2) is 5.82 Å². The van der Waals surface area contributed by atoms with Crippen LogP contribution < -0.4 is 5.32 Å².